The summed E-state index contributed by atoms with van der Waals surface area (Å²) in [6.45, 7) is 2.65. The molecule has 1 aliphatic heterocycles. The van der Waals surface area contributed by atoms with Crippen LogP contribution in [0.5, 0.6) is 0 Å². The highest BCUT2D eigenvalue weighted by atomic mass is 35.5. The molecule has 150 valence electrons. The van der Waals surface area contributed by atoms with E-state index in [2.05, 4.69) is 0 Å². The molecule has 0 atom stereocenters. The van der Waals surface area contributed by atoms with Crippen molar-refractivity contribution in [1.29, 1.82) is 0 Å². The first kappa shape index (κ1) is 21.4. The summed E-state index contributed by atoms with van der Waals surface area (Å²) < 4.78 is 24.9. The molecule has 1 aliphatic rings. The summed E-state index contributed by atoms with van der Waals surface area (Å²) in [4.78, 5) is 16.7. The van der Waals surface area contributed by atoms with Crippen LogP contribution in [0.25, 0.3) is 0 Å². The van der Waals surface area contributed by atoms with E-state index in [9.17, 15) is 13.2 Å². The van der Waals surface area contributed by atoms with Gasteiger partial charge in [-0.05, 0) is 42.5 Å². The first-order chi connectivity index (χ1) is 13.3. The van der Waals surface area contributed by atoms with Crippen molar-refractivity contribution >= 4 is 50.5 Å². The lowest BCUT2D eigenvalue weighted by atomic mass is 10.2. The molecule has 3 rings (SSSR count). The number of halogens is 3. The smallest absolute Gasteiger partial charge is 0.255 e. The summed E-state index contributed by atoms with van der Waals surface area (Å²) in [5, 5.41) is 1.31. The van der Waals surface area contributed by atoms with E-state index in [1.807, 2.05) is 4.90 Å². The number of sulfone groups is 1. The molecule has 0 aromatic heterocycles. The van der Waals surface area contributed by atoms with Crippen molar-refractivity contribution in [3.63, 3.8) is 0 Å². The number of hydrogen-bond acceptors (Lipinski definition) is 4. The molecule has 0 bridgehead atoms. The Morgan fingerprint density at radius 2 is 1.50 bits per heavy atom. The zero-order valence-electron chi connectivity index (χ0n) is 14.9. The number of hydrogen-bond donors (Lipinski definition) is 0. The van der Waals surface area contributed by atoms with Gasteiger partial charge in [0, 0.05) is 42.8 Å². The minimum atomic E-state index is -3.37. The van der Waals surface area contributed by atoms with Gasteiger partial charge >= 0.3 is 0 Å². The second-order valence-corrected chi connectivity index (χ2v) is 9.92. The van der Waals surface area contributed by atoms with Crippen LogP contribution in [0.1, 0.15) is 10.4 Å². The quantitative estimate of drug-likeness (QED) is 0.678. The van der Waals surface area contributed by atoms with Gasteiger partial charge in [0.1, 0.15) is 0 Å². The average Bonchev–Trinajstić information content (AvgIpc) is 2.67. The molecule has 9 heteroatoms. The van der Waals surface area contributed by atoms with E-state index in [0.29, 0.717) is 53.4 Å². The number of benzene rings is 2. The number of rotatable bonds is 5. The van der Waals surface area contributed by atoms with Crippen molar-refractivity contribution in [2.75, 3.05) is 38.5 Å². The third-order valence-corrected chi connectivity index (χ3v) is 7.18. The highest BCUT2D eigenvalue weighted by molar-refractivity contribution is 7.91. The Hall–Kier alpha value is -1.31. The molecule has 0 unspecified atom stereocenters. The lowest BCUT2D eigenvalue weighted by Crippen LogP contribution is -2.49. The van der Waals surface area contributed by atoms with E-state index in [4.69, 9.17) is 34.8 Å². The van der Waals surface area contributed by atoms with Crippen LogP contribution in [0.15, 0.2) is 47.4 Å². The molecule has 1 fully saturated rings. The maximum absolute atomic E-state index is 12.6. The number of piperazine rings is 1. The summed E-state index contributed by atoms with van der Waals surface area (Å²) >= 11 is 17.8. The number of nitrogens with zero attached hydrogens (tertiary/aromatic N) is 2. The highest BCUT2D eigenvalue weighted by Gasteiger charge is 2.25. The van der Waals surface area contributed by atoms with Gasteiger partial charge in [-0.3, -0.25) is 9.69 Å². The second-order valence-electron chi connectivity index (χ2n) is 6.53. The van der Waals surface area contributed by atoms with Gasteiger partial charge in [0.05, 0.1) is 21.2 Å². The topological polar surface area (TPSA) is 57.7 Å². The molecule has 1 amide bonds. The molecule has 5 nitrogen and oxygen atoms in total. The summed E-state index contributed by atoms with van der Waals surface area (Å²) in [5.41, 5.74) is 0.421. The van der Waals surface area contributed by atoms with Gasteiger partial charge in [0.25, 0.3) is 5.91 Å². The Balaban J connectivity index is 1.54. The van der Waals surface area contributed by atoms with Gasteiger partial charge in [0.2, 0.25) is 0 Å². The van der Waals surface area contributed by atoms with Gasteiger partial charge in [-0.1, -0.05) is 34.8 Å². The van der Waals surface area contributed by atoms with Gasteiger partial charge in [-0.25, -0.2) is 8.42 Å². The van der Waals surface area contributed by atoms with Crippen molar-refractivity contribution in [3.8, 4) is 0 Å². The molecule has 0 spiro atoms. The maximum Gasteiger partial charge on any atom is 0.255 e. The minimum Gasteiger partial charge on any atom is -0.336 e. The van der Waals surface area contributed by atoms with E-state index in [0.717, 1.165) is 0 Å². The summed E-state index contributed by atoms with van der Waals surface area (Å²) in [5.74, 6) is -0.124. The molecule has 0 radical (unpaired) electrons. The van der Waals surface area contributed by atoms with Gasteiger partial charge in [-0.15, -0.1) is 0 Å². The van der Waals surface area contributed by atoms with Crippen molar-refractivity contribution < 1.29 is 13.2 Å². The van der Waals surface area contributed by atoms with E-state index in [-0.39, 0.29) is 16.6 Å². The second kappa shape index (κ2) is 9.01. The van der Waals surface area contributed by atoms with Crippen LogP contribution in [0, 0.1) is 0 Å². The van der Waals surface area contributed by atoms with Crippen LogP contribution in [-0.2, 0) is 9.84 Å². The van der Waals surface area contributed by atoms with Crippen LogP contribution in [-0.4, -0.2) is 62.6 Å². The fourth-order valence-electron chi connectivity index (χ4n) is 3.02. The van der Waals surface area contributed by atoms with Gasteiger partial charge in [-0.2, -0.15) is 0 Å². The van der Waals surface area contributed by atoms with Crippen molar-refractivity contribution in [1.82, 2.24) is 9.80 Å². The highest BCUT2D eigenvalue weighted by Crippen LogP contribution is 2.23. The van der Waals surface area contributed by atoms with Crippen LogP contribution in [0.2, 0.25) is 15.1 Å². The normalized spacial score (nSPS) is 15.6. The number of amides is 1. The zero-order valence-corrected chi connectivity index (χ0v) is 18.0. The predicted octanol–water partition coefficient (Wildman–Crippen LogP) is 3.88. The number of carbonyl (C=O) groups is 1. The van der Waals surface area contributed by atoms with Crippen molar-refractivity contribution in [2.45, 2.75) is 4.90 Å². The molecule has 2 aromatic rings. The Morgan fingerprint density at radius 1 is 0.893 bits per heavy atom. The van der Waals surface area contributed by atoms with Crippen LogP contribution in [0.4, 0.5) is 0 Å². The van der Waals surface area contributed by atoms with Crippen LogP contribution >= 0.6 is 34.8 Å². The first-order valence-corrected chi connectivity index (χ1v) is 11.5. The Morgan fingerprint density at radius 3 is 2.11 bits per heavy atom. The maximum atomic E-state index is 12.6. The lowest BCUT2D eigenvalue weighted by Gasteiger charge is -2.34. The summed E-state index contributed by atoms with van der Waals surface area (Å²) in [6.07, 6.45) is 0. The van der Waals surface area contributed by atoms with Crippen molar-refractivity contribution in [2.24, 2.45) is 0 Å². The van der Waals surface area contributed by atoms with E-state index >= 15 is 0 Å². The predicted molar refractivity (Wildman–Crippen MR) is 112 cm³/mol. The summed E-state index contributed by atoms with van der Waals surface area (Å²) in [6, 6.07) is 11.0. The molecule has 28 heavy (non-hydrogen) atoms. The average molecular weight is 462 g/mol. The van der Waals surface area contributed by atoms with Gasteiger partial charge in [0.15, 0.2) is 9.84 Å². The standard InChI is InChI=1S/C19H19Cl3N2O3S/c20-14-1-4-16(5-2-14)28(26,27)12-11-23-7-9-24(10-8-23)19(25)17-6-3-15(21)13-18(17)22/h1-6,13H,7-12H2. The molecular weight excluding hydrogens is 443 g/mol. The first-order valence-electron chi connectivity index (χ1n) is 8.71. The molecule has 1 heterocycles. The molecular formula is C19H19Cl3N2O3S. The van der Waals surface area contributed by atoms with E-state index in [1.54, 1.807) is 35.2 Å². The van der Waals surface area contributed by atoms with Crippen LogP contribution < -0.4 is 0 Å². The van der Waals surface area contributed by atoms with Crippen LogP contribution in [0.3, 0.4) is 0 Å². The lowest BCUT2D eigenvalue weighted by molar-refractivity contribution is 0.0644. The molecule has 0 saturated carbocycles. The summed E-state index contributed by atoms with van der Waals surface area (Å²) in [7, 11) is -3.37. The molecule has 1 saturated heterocycles. The minimum absolute atomic E-state index is 0.0194. The van der Waals surface area contributed by atoms with Gasteiger partial charge < -0.3 is 4.90 Å². The number of carbonyl (C=O) groups excluding carboxylic acids is 1. The SMILES string of the molecule is O=C(c1ccc(Cl)cc1Cl)N1CCN(CCS(=O)(=O)c2ccc(Cl)cc2)CC1. The Labute approximate surface area is 179 Å². The third kappa shape index (κ3) is 5.19. The van der Waals surface area contributed by atoms with E-state index in [1.165, 1.54) is 12.1 Å². The Bertz CT molecular complexity index is 957. The largest absolute Gasteiger partial charge is 0.336 e. The zero-order chi connectivity index (χ0) is 20.3. The molecule has 0 N–H and O–H groups in total. The van der Waals surface area contributed by atoms with E-state index < -0.39 is 9.84 Å². The molecule has 2 aromatic carbocycles. The Kier molecular flexibility index (Phi) is 6.89. The fourth-order valence-corrected chi connectivity index (χ4v) is 4.92. The third-order valence-electron chi connectivity index (χ3n) is 4.67. The molecule has 0 aliphatic carbocycles. The fraction of sp³-hybridized carbons (Fsp3) is 0.316. The monoisotopic (exact) mass is 460 g/mol. The van der Waals surface area contributed by atoms with Crippen molar-refractivity contribution in [3.05, 3.63) is 63.1 Å².